The van der Waals surface area contributed by atoms with Gasteiger partial charge in [-0.2, -0.15) is 5.10 Å². The highest BCUT2D eigenvalue weighted by Crippen LogP contribution is 2.27. The lowest BCUT2D eigenvalue weighted by molar-refractivity contribution is 0.625. The maximum atomic E-state index is 6.25. The zero-order chi connectivity index (χ0) is 17.1. The highest BCUT2D eigenvalue weighted by atomic mass is 35.5. The van der Waals surface area contributed by atoms with Crippen LogP contribution >= 0.6 is 23.2 Å². The second-order valence-electron chi connectivity index (χ2n) is 5.65. The molecule has 0 radical (unpaired) electrons. The fraction of sp³-hybridized carbons (Fsp3) is 0.500. The van der Waals surface area contributed by atoms with Crippen LogP contribution in [0.25, 0.3) is 0 Å². The third-order valence-corrected chi connectivity index (χ3v) is 4.63. The van der Waals surface area contributed by atoms with Crippen LogP contribution in [0.1, 0.15) is 25.2 Å². The first-order chi connectivity index (χ1) is 11.6. The molecule has 0 unspecified atom stereocenters. The summed E-state index contributed by atoms with van der Waals surface area (Å²) in [4.78, 5) is 13.4. The highest BCUT2D eigenvalue weighted by molar-refractivity contribution is 6.36. The van der Waals surface area contributed by atoms with E-state index in [1.807, 2.05) is 0 Å². The van der Waals surface area contributed by atoms with Gasteiger partial charge in [-0.15, -0.1) is 5.10 Å². The molecule has 0 bridgehead atoms. The van der Waals surface area contributed by atoms with Crippen LogP contribution in [-0.2, 0) is 12.8 Å². The maximum Gasteiger partial charge on any atom is 0.245 e. The molecule has 0 atom stereocenters. The molecule has 0 spiro atoms. The molecule has 3 heterocycles. The molecule has 3 rings (SSSR count). The molecule has 128 valence electrons. The summed E-state index contributed by atoms with van der Waals surface area (Å²) < 4.78 is 0. The van der Waals surface area contributed by atoms with Crippen LogP contribution in [-0.4, -0.2) is 46.3 Å². The smallest absolute Gasteiger partial charge is 0.245 e. The van der Waals surface area contributed by atoms with E-state index in [1.165, 1.54) is 0 Å². The van der Waals surface area contributed by atoms with Gasteiger partial charge >= 0.3 is 0 Å². The summed E-state index contributed by atoms with van der Waals surface area (Å²) in [5.41, 5.74) is 2.02. The van der Waals surface area contributed by atoms with Gasteiger partial charge in [0.25, 0.3) is 0 Å². The SMILES string of the molecule is CCc1nnc(N2CCN(c3ncc(Cl)cc3Cl)CC2)nc1CC. The predicted octanol–water partition coefficient (Wildman–Crippen LogP) is 3.02. The summed E-state index contributed by atoms with van der Waals surface area (Å²) in [5, 5.41) is 9.75. The Bertz CT molecular complexity index is 716. The number of rotatable bonds is 4. The van der Waals surface area contributed by atoms with Crippen molar-refractivity contribution >= 4 is 35.0 Å². The van der Waals surface area contributed by atoms with E-state index in [-0.39, 0.29) is 0 Å². The van der Waals surface area contributed by atoms with E-state index < -0.39 is 0 Å². The molecule has 6 nitrogen and oxygen atoms in total. The fourth-order valence-corrected chi connectivity index (χ4v) is 3.32. The standard InChI is InChI=1S/C16H20Cl2N6/c1-3-13-14(4-2)21-22-16(20-13)24-7-5-23(6-8-24)15-12(18)9-11(17)10-19-15/h9-10H,3-8H2,1-2H3. The molecule has 0 N–H and O–H groups in total. The van der Waals surface area contributed by atoms with Crippen LogP contribution in [0, 0.1) is 0 Å². The molecule has 0 amide bonds. The molecule has 2 aromatic rings. The zero-order valence-corrected chi connectivity index (χ0v) is 15.3. The first-order valence-corrected chi connectivity index (χ1v) is 8.91. The minimum absolute atomic E-state index is 0.546. The van der Waals surface area contributed by atoms with Crippen molar-refractivity contribution in [2.24, 2.45) is 0 Å². The lowest BCUT2D eigenvalue weighted by Gasteiger charge is -2.35. The zero-order valence-electron chi connectivity index (χ0n) is 13.8. The van der Waals surface area contributed by atoms with Crippen LogP contribution in [0.4, 0.5) is 11.8 Å². The van der Waals surface area contributed by atoms with Gasteiger partial charge in [-0.1, -0.05) is 37.0 Å². The van der Waals surface area contributed by atoms with E-state index in [1.54, 1.807) is 12.3 Å². The fourth-order valence-electron chi connectivity index (χ4n) is 2.82. The molecule has 0 aliphatic carbocycles. The van der Waals surface area contributed by atoms with E-state index in [4.69, 9.17) is 23.2 Å². The Labute approximate surface area is 151 Å². The van der Waals surface area contributed by atoms with Gasteiger partial charge in [0.15, 0.2) is 0 Å². The van der Waals surface area contributed by atoms with Crippen LogP contribution in [0.5, 0.6) is 0 Å². The number of nitrogens with zero attached hydrogens (tertiary/aromatic N) is 6. The highest BCUT2D eigenvalue weighted by Gasteiger charge is 2.22. The van der Waals surface area contributed by atoms with Crippen molar-refractivity contribution in [1.29, 1.82) is 0 Å². The topological polar surface area (TPSA) is 58.0 Å². The second-order valence-corrected chi connectivity index (χ2v) is 6.49. The van der Waals surface area contributed by atoms with Crippen molar-refractivity contribution in [2.45, 2.75) is 26.7 Å². The Morgan fingerprint density at radius 3 is 2.25 bits per heavy atom. The second kappa shape index (κ2) is 7.49. The Hall–Kier alpha value is -1.66. The van der Waals surface area contributed by atoms with Gasteiger partial charge in [-0.3, -0.25) is 0 Å². The summed E-state index contributed by atoms with van der Waals surface area (Å²) >= 11 is 12.2. The Morgan fingerprint density at radius 2 is 1.62 bits per heavy atom. The normalized spacial score (nSPS) is 15.0. The number of pyridine rings is 1. The van der Waals surface area contributed by atoms with Gasteiger partial charge in [0.05, 0.1) is 21.4 Å². The molecule has 1 aliphatic rings. The monoisotopic (exact) mass is 366 g/mol. The molecule has 8 heteroatoms. The third kappa shape index (κ3) is 3.54. The molecule has 0 saturated carbocycles. The minimum atomic E-state index is 0.546. The van der Waals surface area contributed by atoms with Crippen LogP contribution in [0.15, 0.2) is 12.3 Å². The van der Waals surface area contributed by atoms with Crippen molar-refractivity contribution in [1.82, 2.24) is 20.2 Å². The Kier molecular flexibility index (Phi) is 5.36. The molecular formula is C16H20Cl2N6. The summed E-state index contributed by atoms with van der Waals surface area (Å²) in [5.74, 6) is 1.48. The van der Waals surface area contributed by atoms with Gasteiger partial charge < -0.3 is 9.80 Å². The first kappa shape index (κ1) is 17.2. The van der Waals surface area contributed by atoms with E-state index in [2.05, 4.69) is 43.8 Å². The molecular weight excluding hydrogens is 347 g/mol. The average molecular weight is 367 g/mol. The Morgan fingerprint density at radius 1 is 0.958 bits per heavy atom. The van der Waals surface area contributed by atoms with Gasteiger partial charge in [-0.25, -0.2) is 9.97 Å². The van der Waals surface area contributed by atoms with E-state index in [9.17, 15) is 0 Å². The maximum absolute atomic E-state index is 6.25. The van der Waals surface area contributed by atoms with Crippen molar-refractivity contribution in [3.8, 4) is 0 Å². The van der Waals surface area contributed by atoms with Crippen molar-refractivity contribution in [3.05, 3.63) is 33.7 Å². The number of halogens is 2. The van der Waals surface area contributed by atoms with Crippen molar-refractivity contribution < 1.29 is 0 Å². The molecule has 2 aromatic heterocycles. The predicted molar refractivity (Wildman–Crippen MR) is 97.3 cm³/mol. The van der Waals surface area contributed by atoms with Gasteiger partial charge in [0.2, 0.25) is 5.95 Å². The van der Waals surface area contributed by atoms with Gasteiger partial charge in [0, 0.05) is 32.4 Å². The number of aromatic nitrogens is 4. The van der Waals surface area contributed by atoms with E-state index >= 15 is 0 Å². The number of anilines is 2. The van der Waals surface area contributed by atoms with Crippen molar-refractivity contribution in [2.75, 3.05) is 36.0 Å². The van der Waals surface area contributed by atoms with Gasteiger partial charge in [0.1, 0.15) is 5.82 Å². The average Bonchev–Trinajstić information content (AvgIpc) is 2.61. The van der Waals surface area contributed by atoms with E-state index in [0.717, 1.165) is 56.2 Å². The first-order valence-electron chi connectivity index (χ1n) is 8.15. The summed E-state index contributed by atoms with van der Waals surface area (Å²) in [6, 6.07) is 1.72. The van der Waals surface area contributed by atoms with Crippen molar-refractivity contribution in [3.63, 3.8) is 0 Å². The van der Waals surface area contributed by atoms with Crippen LogP contribution in [0.2, 0.25) is 10.0 Å². The number of piperazine rings is 1. The quantitative estimate of drug-likeness (QED) is 0.828. The molecule has 1 saturated heterocycles. The summed E-state index contributed by atoms with van der Waals surface area (Å²) in [6.45, 7) is 7.38. The van der Waals surface area contributed by atoms with Gasteiger partial charge in [-0.05, 0) is 18.9 Å². The minimum Gasteiger partial charge on any atom is -0.352 e. The molecule has 0 aromatic carbocycles. The number of hydrogen-bond donors (Lipinski definition) is 0. The Balaban J connectivity index is 1.71. The molecule has 1 fully saturated rings. The lowest BCUT2D eigenvalue weighted by atomic mass is 10.2. The summed E-state index contributed by atoms with van der Waals surface area (Å²) in [6.07, 6.45) is 3.35. The van der Waals surface area contributed by atoms with Crippen LogP contribution in [0.3, 0.4) is 0 Å². The van der Waals surface area contributed by atoms with Crippen LogP contribution < -0.4 is 9.80 Å². The summed E-state index contributed by atoms with van der Waals surface area (Å²) in [7, 11) is 0. The lowest BCUT2D eigenvalue weighted by Crippen LogP contribution is -2.47. The molecule has 24 heavy (non-hydrogen) atoms. The van der Waals surface area contributed by atoms with E-state index in [0.29, 0.717) is 16.0 Å². The largest absolute Gasteiger partial charge is 0.352 e. The third-order valence-electron chi connectivity index (χ3n) is 4.15. The molecule has 1 aliphatic heterocycles. The number of hydrogen-bond acceptors (Lipinski definition) is 6. The number of aryl methyl sites for hydroxylation is 2.